The van der Waals surface area contributed by atoms with Crippen LogP contribution in [-0.4, -0.2) is 29.4 Å². The van der Waals surface area contributed by atoms with Gasteiger partial charge in [0.1, 0.15) is 0 Å². The van der Waals surface area contributed by atoms with Gasteiger partial charge in [0.2, 0.25) is 0 Å². The molecule has 18 heavy (non-hydrogen) atoms. The van der Waals surface area contributed by atoms with Gasteiger partial charge in [-0.15, -0.1) is 12.4 Å². The number of hydrogen-bond donors (Lipinski definition) is 1. The van der Waals surface area contributed by atoms with Crippen molar-refractivity contribution in [3.63, 3.8) is 0 Å². The van der Waals surface area contributed by atoms with Crippen molar-refractivity contribution in [2.75, 3.05) is 6.54 Å². The lowest BCUT2D eigenvalue weighted by Gasteiger charge is -2.38. The van der Waals surface area contributed by atoms with Gasteiger partial charge in [-0.25, -0.2) is 0 Å². The summed E-state index contributed by atoms with van der Waals surface area (Å²) in [5, 5.41) is 3.97. The molecular weight excluding hydrogens is 268 g/mol. The summed E-state index contributed by atoms with van der Waals surface area (Å²) in [6, 6.07) is 0.258. The second-order valence-electron chi connectivity index (χ2n) is 4.89. The molecule has 102 valence electrons. The van der Waals surface area contributed by atoms with Gasteiger partial charge < -0.3 is 10.6 Å². The number of thiophene rings is 1. The molecule has 3 nitrogen and oxygen atoms in total. The average molecular weight is 289 g/mol. The van der Waals surface area contributed by atoms with E-state index in [4.69, 9.17) is 5.73 Å². The number of amides is 1. The molecule has 0 spiro atoms. The Labute approximate surface area is 119 Å². The monoisotopic (exact) mass is 288 g/mol. The molecule has 1 aliphatic rings. The maximum Gasteiger partial charge on any atom is 0.255 e. The van der Waals surface area contributed by atoms with Gasteiger partial charge in [-0.3, -0.25) is 4.79 Å². The van der Waals surface area contributed by atoms with Crippen molar-refractivity contribution in [2.45, 2.75) is 45.2 Å². The first-order chi connectivity index (χ1) is 8.11. The molecule has 1 fully saturated rings. The van der Waals surface area contributed by atoms with Crippen LogP contribution in [0, 0.1) is 6.92 Å². The number of halogens is 1. The molecule has 2 atom stereocenters. The Morgan fingerprint density at radius 2 is 2.22 bits per heavy atom. The van der Waals surface area contributed by atoms with Gasteiger partial charge in [-0.1, -0.05) is 0 Å². The SMILES string of the molecule is Cc1cscc1C(=O)N1CCCCC1C(C)N.Cl. The first-order valence-corrected chi connectivity index (χ1v) is 7.15. The summed E-state index contributed by atoms with van der Waals surface area (Å²) in [5.41, 5.74) is 7.92. The Bertz CT molecular complexity index is 405. The summed E-state index contributed by atoms with van der Waals surface area (Å²) in [6.07, 6.45) is 3.31. The summed E-state index contributed by atoms with van der Waals surface area (Å²) in [6.45, 7) is 4.84. The highest BCUT2D eigenvalue weighted by molar-refractivity contribution is 7.08. The Morgan fingerprint density at radius 1 is 1.50 bits per heavy atom. The van der Waals surface area contributed by atoms with Crippen molar-refractivity contribution in [2.24, 2.45) is 5.73 Å². The predicted octanol–water partition coefficient (Wildman–Crippen LogP) is 2.82. The van der Waals surface area contributed by atoms with Crippen LogP contribution in [0.2, 0.25) is 0 Å². The zero-order valence-electron chi connectivity index (χ0n) is 10.9. The van der Waals surface area contributed by atoms with E-state index in [0.29, 0.717) is 0 Å². The first-order valence-electron chi connectivity index (χ1n) is 6.20. The van der Waals surface area contributed by atoms with Gasteiger partial charge in [-0.05, 0) is 44.1 Å². The Balaban J connectivity index is 0.00000162. The van der Waals surface area contributed by atoms with Crippen LogP contribution in [0.25, 0.3) is 0 Å². The molecule has 2 unspecified atom stereocenters. The maximum atomic E-state index is 12.5. The Kier molecular flexibility index (Phi) is 5.63. The van der Waals surface area contributed by atoms with Crippen LogP contribution in [0.15, 0.2) is 10.8 Å². The minimum atomic E-state index is 0. The van der Waals surface area contributed by atoms with Crippen molar-refractivity contribution in [1.29, 1.82) is 0 Å². The molecule has 2 heterocycles. The van der Waals surface area contributed by atoms with Crippen LogP contribution in [0.4, 0.5) is 0 Å². The van der Waals surface area contributed by atoms with Crippen molar-refractivity contribution in [3.05, 3.63) is 21.9 Å². The van der Waals surface area contributed by atoms with Crippen LogP contribution in [0.3, 0.4) is 0 Å². The van der Waals surface area contributed by atoms with Crippen molar-refractivity contribution >= 4 is 29.7 Å². The molecule has 0 saturated carbocycles. The van der Waals surface area contributed by atoms with E-state index in [9.17, 15) is 4.79 Å². The molecule has 0 aromatic carbocycles. The largest absolute Gasteiger partial charge is 0.334 e. The van der Waals surface area contributed by atoms with E-state index in [0.717, 1.165) is 30.5 Å². The number of carbonyl (C=O) groups excluding carboxylic acids is 1. The Morgan fingerprint density at radius 3 is 2.78 bits per heavy atom. The van der Waals surface area contributed by atoms with Gasteiger partial charge >= 0.3 is 0 Å². The molecule has 1 aromatic rings. The molecule has 2 N–H and O–H groups in total. The number of carbonyl (C=O) groups is 1. The average Bonchev–Trinajstić information content (AvgIpc) is 2.74. The second kappa shape index (κ2) is 6.55. The minimum Gasteiger partial charge on any atom is -0.334 e. The normalized spacial score (nSPS) is 21.3. The van der Waals surface area contributed by atoms with Gasteiger partial charge in [-0.2, -0.15) is 11.3 Å². The van der Waals surface area contributed by atoms with Gasteiger partial charge in [0.25, 0.3) is 5.91 Å². The summed E-state index contributed by atoms with van der Waals surface area (Å²) in [7, 11) is 0. The molecule has 0 aliphatic carbocycles. The van der Waals surface area contributed by atoms with Crippen molar-refractivity contribution in [1.82, 2.24) is 4.90 Å². The Hall–Kier alpha value is -0.580. The summed E-state index contributed by atoms with van der Waals surface area (Å²) >= 11 is 1.59. The van der Waals surface area contributed by atoms with Gasteiger partial charge in [0, 0.05) is 24.0 Å². The van der Waals surface area contributed by atoms with Gasteiger partial charge in [0.15, 0.2) is 0 Å². The lowest BCUT2D eigenvalue weighted by atomic mass is 9.96. The van der Waals surface area contributed by atoms with Crippen LogP contribution >= 0.6 is 23.7 Å². The number of rotatable bonds is 2. The highest BCUT2D eigenvalue weighted by atomic mass is 35.5. The molecule has 1 amide bonds. The summed E-state index contributed by atoms with van der Waals surface area (Å²) < 4.78 is 0. The van der Waals surface area contributed by atoms with E-state index < -0.39 is 0 Å². The fourth-order valence-corrected chi connectivity index (χ4v) is 3.31. The molecule has 1 aliphatic heterocycles. The fraction of sp³-hybridized carbons (Fsp3) is 0.615. The molecule has 2 rings (SSSR count). The van der Waals surface area contributed by atoms with Crippen LogP contribution < -0.4 is 5.73 Å². The topological polar surface area (TPSA) is 46.3 Å². The molecule has 0 radical (unpaired) electrons. The van der Waals surface area contributed by atoms with E-state index in [1.54, 1.807) is 11.3 Å². The zero-order chi connectivity index (χ0) is 12.4. The number of piperidine rings is 1. The highest BCUT2D eigenvalue weighted by Crippen LogP contribution is 2.24. The molecule has 0 bridgehead atoms. The molecular formula is C13H21ClN2OS. The predicted molar refractivity (Wildman–Crippen MR) is 78.6 cm³/mol. The summed E-state index contributed by atoms with van der Waals surface area (Å²) in [4.78, 5) is 14.4. The number of hydrogen-bond acceptors (Lipinski definition) is 3. The smallest absolute Gasteiger partial charge is 0.255 e. The van der Waals surface area contributed by atoms with Crippen LogP contribution in [0.1, 0.15) is 42.1 Å². The highest BCUT2D eigenvalue weighted by Gasteiger charge is 2.30. The fourth-order valence-electron chi connectivity index (χ4n) is 2.49. The van der Waals surface area contributed by atoms with E-state index in [1.807, 2.05) is 29.5 Å². The molecule has 5 heteroatoms. The van der Waals surface area contributed by atoms with E-state index >= 15 is 0 Å². The molecule has 1 aromatic heterocycles. The first kappa shape index (κ1) is 15.5. The lowest BCUT2D eigenvalue weighted by molar-refractivity contribution is 0.0583. The van der Waals surface area contributed by atoms with E-state index in [-0.39, 0.29) is 30.4 Å². The quantitative estimate of drug-likeness (QED) is 0.909. The van der Waals surface area contributed by atoms with Crippen molar-refractivity contribution < 1.29 is 4.79 Å². The molecule has 1 saturated heterocycles. The number of nitrogens with two attached hydrogens (primary N) is 1. The zero-order valence-corrected chi connectivity index (χ0v) is 12.5. The minimum absolute atomic E-state index is 0. The number of nitrogens with zero attached hydrogens (tertiary/aromatic N) is 1. The number of aryl methyl sites for hydroxylation is 1. The van der Waals surface area contributed by atoms with Gasteiger partial charge in [0.05, 0.1) is 5.56 Å². The van der Waals surface area contributed by atoms with Crippen LogP contribution in [-0.2, 0) is 0 Å². The second-order valence-corrected chi connectivity index (χ2v) is 5.63. The van der Waals surface area contributed by atoms with Crippen molar-refractivity contribution in [3.8, 4) is 0 Å². The lowest BCUT2D eigenvalue weighted by Crippen LogP contribution is -2.51. The summed E-state index contributed by atoms with van der Waals surface area (Å²) in [5.74, 6) is 0.158. The maximum absolute atomic E-state index is 12.5. The van der Waals surface area contributed by atoms with E-state index in [1.165, 1.54) is 6.42 Å². The third-order valence-corrected chi connectivity index (χ3v) is 4.36. The van der Waals surface area contributed by atoms with E-state index in [2.05, 4.69) is 0 Å². The third-order valence-electron chi connectivity index (χ3n) is 3.50. The standard InChI is InChI=1S/C13H20N2OS.ClH/c1-9-7-17-8-11(9)13(16)15-6-4-3-5-12(15)10(2)14;/h7-8,10,12H,3-6,14H2,1-2H3;1H. The number of likely N-dealkylation sites (tertiary alicyclic amines) is 1. The van der Waals surface area contributed by atoms with Crippen LogP contribution in [0.5, 0.6) is 0 Å². The third kappa shape index (κ3) is 3.05.